The number of methoxy groups -OCH3 is 1. The van der Waals surface area contributed by atoms with E-state index in [2.05, 4.69) is 31.9 Å². The van der Waals surface area contributed by atoms with Crippen molar-refractivity contribution in [3.8, 4) is 5.75 Å². The first-order valence-corrected chi connectivity index (χ1v) is 8.13. The van der Waals surface area contributed by atoms with Crippen molar-refractivity contribution in [2.45, 2.75) is 20.3 Å². The lowest BCUT2D eigenvalue weighted by Crippen LogP contribution is -2.06. The van der Waals surface area contributed by atoms with Crippen LogP contribution in [0.25, 0.3) is 0 Å². The Labute approximate surface area is 141 Å². The quantitative estimate of drug-likeness (QED) is 0.641. The molecule has 0 saturated carbocycles. The molecule has 0 fully saturated rings. The molecule has 0 bridgehead atoms. The molecule has 2 aromatic rings. The molecule has 110 valence electrons. The van der Waals surface area contributed by atoms with Crippen LogP contribution in [-0.4, -0.2) is 12.9 Å². The van der Waals surface area contributed by atoms with Crippen LogP contribution in [0.4, 0.5) is 0 Å². The molecule has 0 radical (unpaired) electrons. The summed E-state index contributed by atoms with van der Waals surface area (Å²) < 4.78 is 7.32. The van der Waals surface area contributed by atoms with Crippen LogP contribution in [0, 0.1) is 13.8 Å². The minimum Gasteiger partial charge on any atom is -0.496 e. The predicted octanol–water partition coefficient (Wildman–Crippen LogP) is 5.26. The van der Waals surface area contributed by atoms with Crippen molar-refractivity contribution in [3.63, 3.8) is 0 Å². The summed E-state index contributed by atoms with van der Waals surface area (Å²) in [5, 5.41) is 0. The fourth-order valence-electron chi connectivity index (χ4n) is 2.27. The minimum atomic E-state index is 0.0881. The van der Waals surface area contributed by atoms with Crippen LogP contribution < -0.4 is 4.74 Å². The molecule has 0 aliphatic rings. The number of carbonyl (C=O) groups excluding carboxylic acids is 1. The van der Waals surface area contributed by atoms with Crippen LogP contribution in [0.5, 0.6) is 5.75 Å². The summed E-state index contributed by atoms with van der Waals surface area (Å²) in [6.45, 7) is 3.99. The number of benzene rings is 2. The molecule has 21 heavy (non-hydrogen) atoms. The highest BCUT2D eigenvalue weighted by Crippen LogP contribution is 2.26. The van der Waals surface area contributed by atoms with Crippen molar-refractivity contribution < 1.29 is 9.53 Å². The van der Waals surface area contributed by atoms with E-state index in [4.69, 9.17) is 4.74 Å². The van der Waals surface area contributed by atoms with Gasteiger partial charge >= 0.3 is 0 Å². The Bertz CT molecular complexity index is 670. The van der Waals surface area contributed by atoms with Crippen LogP contribution in [0.3, 0.4) is 0 Å². The summed E-state index contributed by atoms with van der Waals surface area (Å²) in [7, 11) is 1.62. The number of aryl methyl sites for hydroxylation is 2. The van der Waals surface area contributed by atoms with Crippen molar-refractivity contribution >= 4 is 37.6 Å². The lowest BCUT2D eigenvalue weighted by Gasteiger charge is -2.10. The molecule has 2 aromatic carbocycles. The highest BCUT2D eigenvalue weighted by molar-refractivity contribution is 9.10. The van der Waals surface area contributed by atoms with Crippen molar-refractivity contribution in [3.05, 3.63) is 61.5 Å². The molecule has 0 amide bonds. The van der Waals surface area contributed by atoms with Gasteiger partial charge in [-0.05, 0) is 55.3 Å². The van der Waals surface area contributed by atoms with Crippen LogP contribution in [0.2, 0.25) is 0 Å². The molecule has 0 aliphatic carbocycles. The van der Waals surface area contributed by atoms with Crippen molar-refractivity contribution in [1.29, 1.82) is 0 Å². The van der Waals surface area contributed by atoms with Gasteiger partial charge in [-0.2, -0.15) is 0 Å². The first kappa shape index (κ1) is 16.2. The summed E-state index contributed by atoms with van der Waals surface area (Å²) in [5.41, 5.74) is 3.75. The van der Waals surface area contributed by atoms with E-state index in [0.29, 0.717) is 6.42 Å². The molecule has 2 rings (SSSR count). The second-order valence-corrected chi connectivity index (χ2v) is 6.69. The molecule has 0 heterocycles. The second-order valence-electron chi connectivity index (χ2n) is 4.98. The molecule has 0 unspecified atom stereocenters. The van der Waals surface area contributed by atoms with Crippen LogP contribution >= 0.6 is 31.9 Å². The maximum atomic E-state index is 12.5. The molecule has 0 aromatic heterocycles. The Morgan fingerprint density at radius 3 is 2.29 bits per heavy atom. The van der Waals surface area contributed by atoms with Crippen molar-refractivity contribution in [2.24, 2.45) is 0 Å². The molecule has 0 spiro atoms. The zero-order chi connectivity index (χ0) is 15.6. The third-order valence-corrected chi connectivity index (χ3v) is 5.10. The van der Waals surface area contributed by atoms with E-state index in [0.717, 1.165) is 36.9 Å². The monoisotopic (exact) mass is 410 g/mol. The summed E-state index contributed by atoms with van der Waals surface area (Å²) in [6, 6.07) is 9.54. The van der Waals surface area contributed by atoms with Gasteiger partial charge in [0.1, 0.15) is 5.75 Å². The Hall–Kier alpha value is -1.13. The van der Waals surface area contributed by atoms with E-state index >= 15 is 0 Å². The maximum Gasteiger partial charge on any atom is 0.167 e. The number of hydrogen-bond acceptors (Lipinski definition) is 2. The van der Waals surface area contributed by atoms with Gasteiger partial charge in [0.05, 0.1) is 7.11 Å². The van der Waals surface area contributed by atoms with E-state index in [1.807, 2.05) is 44.2 Å². The number of halogens is 2. The summed E-state index contributed by atoms with van der Waals surface area (Å²) in [5.74, 6) is 0.821. The van der Waals surface area contributed by atoms with E-state index < -0.39 is 0 Å². The van der Waals surface area contributed by atoms with Gasteiger partial charge in [-0.25, -0.2) is 0 Å². The van der Waals surface area contributed by atoms with Crippen molar-refractivity contribution in [1.82, 2.24) is 0 Å². The average molecular weight is 412 g/mol. The smallest absolute Gasteiger partial charge is 0.167 e. The van der Waals surface area contributed by atoms with Gasteiger partial charge in [0, 0.05) is 26.5 Å². The third-order valence-electron chi connectivity index (χ3n) is 3.35. The fourth-order valence-corrected chi connectivity index (χ4v) is 2.90. The molecule has 0 saturated heterocycles. The van der Waals surface area contributed by atoms with Crippen molar-refractivity contribution in [2.75, 3.05) is 7.11 Å². The largest absolute Gasteiger partial charge is 0.496 e. The minimum absolute atomic E-state index is 0.0881. The van der Waals surface area contributed by atoms with Gasteiger partial charge in [-0.15, -0.1) is 0 Å². The number of carbonyl (C=O) groups is 1. The van der Waals surface area contributed by atoms with E-state index in [9.17, 15) is 4.79 Å². The van der Waals surface area contributed by atoms with Crippen LogP contribution in [0.1, 0.15) is 27.0 Å². The van der Waals surface area contributed by atoms with Gasteiger partial charge in [0.15, 0.2) is 5.78 Å². The van der Waals surface area contributed by atoms with Crippen LogP contribution in [0.15, 0.2) is 39.3 Å². The normalized spacial score (nSPS) is 10.5. The van der Waals surface area contributed by atoms with Gasteiger partial charge in [0.25, 0.3) is 0 Å². The van der Waals surface area contributed by atoms with E-state index in [1.54, 1.807) is 7.11 Å². The second kappa shape index (κ2) is 6.75. The topological polar surface area (TPSA) is 26.3 Å². The predicted molar refractivity (Wildman–Crippen MR) is 92.3 cm³/mol. The highest BCUT2D eigenvalue weighted by Gasteiger charge is 2.13. The Kier molecular flexibility index (Phi) is 5.22. The van der Waals surface area contributed by atoms with Gasteiger partial charge < -0.3 is 4.74 Å². The molecule has 0 aliphatic heterocycles. The first-order valence-electron chi connectivity index (χ1n) is 6.54. The zero-order valence-electron chi connectivity index (χ0n) is 12.2. The molecular weight excluding hydrogens is 396 g/mol. The summed E-state index contributed by atoms with van der Waals surface area (Å²) in [4.78, 5) is 12.5. The lowest BCUT2D eigenvalue weighted by molar-refractivity contribution is 0.0992. The summed E-state index contributed by atoms with van der Waals surface area (Å²) in [6.07, 6.45) is 0.323. The molecule has 0 atom stereocenters. The molecule has 2 nitrogen and oxygen atoms in total. The number of rotatable bonds is 4. The van der Waals surface area contributed by atoms with E-state index in [-0.39, 0.29) is 5.78 Å². The molecule has 0 N–H and O–H groups in total. The number of Topliss-reactive ketones (excluding diaryl/α,β-unsaturated/α-hetero) is 1. The Morgan fingerprint density at radius 2 is 1.71 bits per heavy atom. The maximum absolute atomic E-state index is 12.5. The molecular formula is C17H16Br2O2. The summed E-state index contributed by atoms with van der Waals surface area (Å²) >= 11 is 6.96. The highest BCUT2D eigenvalue weighted by atomic mass is 79.9. The van der Waals surface area contributed by atoms with Gasteiger partial charge in [0.2, 0.25) is 0 Å². The number of ether oxygens (including phenoxy) is 1. The Morgan fingerprint density at radius 1 is 1.10 bits per heavy atom. The standard InChI is InChI=1S/C17H16Br2O2/c1-10-6-12(7-11(2)17(10)19)15(20)9-13-8-14(18)4-5-16(13)21-3/h4-8H,9H2,1-3H3. The lowest BCUT2D eigenvalue weighted by atomic mass is 9.99. The fraction of sp³-hybridized carbons (Fsp3) is 0.235. The van der Waals surface area contributed by atoms with Gasteiger partial charge in [-0.1, -0.05) is 31.9 Å². The molecule has 4 heteroatoms. The first-order chi connectivity index (χ1) is 9.92. The number of hydrogen-bond donors (Lipinski definition) is 0. The zero-order valence-corrected chi connectivity index (χ0v) is 15.3. The van der Waals surface area contributed by atoms with Crippen LogP contribution in [-0.2, 0) is 6.42 Å². The van der Waals surface area contributed by atoms with Gasteiger partial charge in [-0.3, -0.25) is 4.79 Å². The average Bonchev–Trinajstić information content (AvgIpc) is 2.44. The number of ketones is 1. The Balaban J connectivity index is 2.32. The SMILES string of the molecule is COc1ccc(Br)cc1CC(=O)c1cc(C)c(Br)c(C)c1. The third kappa shape index (κ3) is 3.74. The van der Waals surface area contributed by atoms with E-state index in [1.165, 1.54) is 0 Å².